The van der Waals surface area contributed by atoms with Crippen LogP contribution in [0.5, 0.6) is 0 Å². The van der Waals surface area contributed by atoms with E-state index in [0.717, 1.165) is 60.4 Å². The molecular weight excluding hydrogens is 550 g/mol. The summed E-state index contributed by atoms with van der Waals surface area (Å²) in [7, 11) is 0. The van der Waals surface area contributed by atoms with Gasteiger partial charge in [0, 0.05) is 32.8 Å². The van der Waals surface area contributed by atoms with Gasteiger partial charge in [-0.1, -0.05) is 127 Å². The molecule has 4 heteroatoms. The van der Waals surface area contributed by atoms with Crippen LogP contribution < -0.4 is 0 Å². The van der Waals surface area contributed by atoms with Gasteiger partial charge in [0.05, 0.1) is 0 Å². The van der Waals surface area contributed by atoms with Crippen molar-refractivity contribution < 1.29 is 4.42 Å². The average molecular weight is 576 g/mol. The molecule has 0 spiro atoms. The molecule has 0 fully saturated rings. The number of aromatic nitrogens is 3. The first-order chi connectivity index (χ1) is 22.3. The lowest BCUT2D eigenvalue weighted by Crippen LogP contribution is -2.00. The molecule has 0 radical (unpaired) electrons. The van der Waals surface area contributed by atoms with Crippen LogP contribution in [-0.4, -0.2) is 15.0 Å². The smallest absolute Gasteiger partial charge is 0.164 e. The van der Waals surface area contributed by atoms with Crippen molar-refractivity contribution in [1.29, 1.82) is 0 Å². The fourth-order valence-electron chi connectivity index (χ4n) is 6.26. The Kier molecular flexibility index (Phi) is 5.78. The molecule has 0 unspecified atom stereocenters. The predicted octanol–water partition coefficient (Wildman–Crippen LogP) is 10.7. The standard InChI is InChI=1S/C41H25N3O/c1-3-11-26(12-4-1)30-21-22-37-34(24-30)35-25-36(32-17-9-10-18-33(32)38(35)45-37)41-43-39(28-14-5-2-6-15-28)42-40(44-41)31-20-19-27-13-7-8-16-29(27)23-31/h1-25H. The van der Waals surface area contributed by atoms with Gasteiger partial charge in [0.1, 0.15) is 11.2 Å². The molecule has 2 heterocycles. The summed E-state index contributed by atoms with van der Waals surface area (Å²) in [4.78, 5) is 15.2. The lowest BCUT2D eigenvalue weighted by atomic mass is 9.98. The van der Waals surface area contributed by atoms with Crippen molar-refractivity contribution in [3.8, 4) is 45.3 Å². The molecule has 9 rings (SSSR count). The predicted molar refractivity (Wildman–Crippen MR) is 184 cm³/mol. The first-order valence-corrected chi connectivity index (χ1v) is 15.0. The quantitative estimate of drug-likeness (QED) is 0.209. The van der Waals surface area contributed by atoms with Gasteiger partial charge in [-0.2, -0.15) is 0 Å². The van der Waals surface area contributed by atoms with Crippen LogP contribution in [0.15, 0.2) is 156 Å². The molecule has 210 valence electrons. The second kappa shape index (κ2) is 10.2. The highest BCUT2D eigenvalue weighted by Gasteiger charge is 2.19. The van der Waals surface area contributed by atoms with E-state index in [2.05, 4.69) is 115 Å². The van der Waals surface area contributed by atoms with Gasteiger partial charge in [-0.05, 0) is 51.6 Å². The minimum absolute atomic E-state index is 0.624. The monoisotopic (exact) mass is 575 g/mol. The van der Waals surface area contributed by atoms with Crippen molar-refractivity contribution in [3.63, 3.8) is 0 Å². The van der Waals surface area contributed by atoms with Gasteiger partial charge >= 0.3 is 0 Å². The van der Waals surface area contributed by atoms with E-state index >= 15 is 0 Å². The van der Waals surface area contributed by atoms with Gasteiger partial charge in [-0.15, -0.1) is 0 Å². The molecule has 7 aromatic carbocycles. The average Bonchev–Trinajstić information content (AvgIpc) is 3.50. The number of hydrogen-bond acceptors (Lipinski definition) is 4. The lowest BCUT2D eigenvalue weighted by molar-refractivity contribution is 0.673. The molecule has 0 aliphatic rings. The molecule has 0 atom stereocenters. The minimum Gasteiger partial charge on any atom is -0.455 e. The zero-order chi connectivity index (χ0) is 29.7. The highest BCUT2D eigenvalue weighted by atomic mass is 16.3. The number of fused-ring (bicyclic) bond motifs is 6. The fourth-order valence-corrected chi connectivity index (χ4v) is 6.26. The van der Waals surface area contributed by atoms with Crippen LogP contribution in [0.1, 0.15) is 0 Å². The summed E-state index contributed by atoms with van der Waals surface area (Å²) in [6, 6.07) is 52.2. The second-order valence-electron chi connectivity index (χ2n) is 11.3. The number of furan rings is 1. The van der Waals surface area contributed by atoms with Crippen molar-refractivity contribution >= 4 is 43.5 Å². The van der Waals surface area contributed by atoms with E-state index in [1.165, 1.54) is 10.9 Å². The minimum atomic E-state index is 0.624. The Morgan fingerprint density at radius 1 is 0.356 bits per heavy atom. The van der Waals surface area contributed by atoms with E-state index in [1.807, 2.05) is 36.4 Å². The van der Waals surface area contributed by atoms with Gasteiger partial charge in [0.2, 0.25) is 0 Å². The third kappa shape index (κ3) is 4.35. The molecule has 0 aliphatic carbocycles. The Morgan fingerprint density at radius 2 is 0.978 bits per heavy atom. The molecule has 45 heavy (non-hydrogen) atoms. The maximum absolute atomic E-state index is 6.52. The summed E-state index contributed by atoms with van der Waals surface area (Å²) in [5, 5.41) is 6.47. The molecule has 0 saturated carbocycles. The van der Waals surface area contributed by atoms with Gasteiger partial charge in [-0.3, -0.25) is 0 Å². The van der Waals surface area contributed by atoms with E-state index in [9.17, 15) is 0 Å². The van der Waals surface area contributed by atoms with Crippen molar-refractivity contribution in [1.82, 2.24) is 15.0 Å². The molecule has 0 N–H and O–H groups in total. The van der Waals surface area contributed by atoms with Crippen LogP contribution in [0.2, 0.25) is 0 Å². The summed E-state index contributed by atoms with van der Waals surface area (Å²) in [5.74, 6) is 1.90. The van der Waals surface area contributed by atoms with Crippen LogP contribution in [-0.2, 0) is 0 Å². The van der Waals surface area contributed by atoms with Gasteiger partial charge in [-0.25, -0.2) is 15.0 Å². The first-order valence-electron chi connectivity index (χ1n) is 15.0. The Labute approximate surface area is 259 Å². The number of benzene rings is 7. The third-order valence-corrected chi connectivity index (χ3v) is 8.50. The molecule has 9 aromatic rings. The number of nitrogens with zero attached hydrogens (tertiary/aromatic N) is 3. The fraction of sp³-hybridized carbons (Fsp3) is 0. The third-order valence-electron chi connectivity index (χ3n) is 8.50. The van der Waals surface area contributed by atoms with Crippen molar-refractivity contribution in [3.05, 3.63) is 152 Å². The molecule has 2 aromatic heterocycles. The van der Waals surface area contributed by atoms with Crippen LogP contribution >= 0.6 is 0 Å². The van der Waals surface area contributed by atoms with Crippen LogP contribution in [0.4, 0.5) is 0 Å². The molecule has 4 nitrogen and oxygen atoms in total. The highest BCUT2D eigenvalue weighted by molar-refractivity contribution is 6.19. The zero-order valence-electron chi connectivity index (χ0n) is 24.2. The zero-order valence-corrected chi connectivity index (χ0v) is 24.2. The molecule has 0 saturated heterocycles. The SMILES string of the molecule is c1ccc(-c2ccc3oc4c5ccccc5c(-c5nc(-c6ccccc6)nc(-c6ccc7ccccc7c6)n5)cc4c3c2)cc1. The van der Waals surface area contributed by atoms with Crippen LogP contribution in [0.25, 0.3) is 88.8 Å². The van der Waals surface area contributed by atoms with Crippen molar-refractivity contribution in [2.75, 3.05) is 0 Å². The van der Waals surface area contributed by atoms with E-state index in [4.69, 9.17) is 19.4 Å². The second-order valence-corrected chi connectivity index (χ2v) is 11.3. The van der Waals surface area contributed by atoms with Crippen molar-refractivity contribution in [2.45, 2.75) is 0 Å². The summed E-state index contributed by atoms with van der Waals surface area (Å²) >= 11 is 0. The normalized spacial score (nSPS) is 11.6. The molecule has 0 aliphatic heterocycles. The summed E-state index contributed by atoms with van der Waals surface area (Å²) in [6.07, 6.45) is 0. The summed E-state index contributed by atoms with van der Waals surface area (Å²) in [5.41, 5.74) is 6.85. The van der Waals surface area contributed by atoms with Crippen LogP contribution in [0.3, 0.4) is 0 Å². The lowest BCUT2D eigenvalue weighted by Gasteiger charge is -2.11. The Hall–Kier alpha value is -6.13. The topological polar surface area (TPSA) is 51.8 Å². The largest absolute Gasteiger partial charge is 0.455 e. The van der Waals surface area contributed by atoms with Gasteiger partial charge in [0.25, 0.3) is 0 Å². The van der Waals surface area contributed by atoms with E-state index < -0.39 is 0 Å². The highest BCUT2D eigenvalue weighted by Crippen LogP contribution is 2.40. The molecular formula is C41H25N3O. The Balaban J connectivity index is 1.32. The van der Waals surface area contributed by atoms with Gasteiger partial charge < -0.3 is 4.42 Å². The number of hydrogen-bond donors (Lipinski definition) is 0. The van der Waals surface area contributed by atoms with Crippen molar-refractivity contribution in [2.24, 2.45) is 0 Å². The summed E-state index contributed by atoms with van der Waals surface area (Å²) < 4.78 is 6.52. The van der Waals surface area contributed by atoms with E-state index in [1.54, 1.807) is 0 Å². The van der Waals surface area contributed by atoms with E-state index in [-0.39, 0.29) is 0 Å². The maximum atomic E-state index is 6.52. The molecule has 0 amide bonds. The number of rotatable bonds is 4. The first kappa shape index (κ1) is 25.4. The Morgan fingerprint density at radius 3 is 1.78 bits per heavy atom. The van der Waals surface area contributed by atoms with Gasteiger partial charge in [0.15, 0.2) is 17.5 Å². The summed E-state index contributed by atoms with van der Waals surface area (Å²) in [6.45, 7) is 0. The Bertz CT molecular complexity index is 2540. The van der Waals surface area contributed by atoms with E-state index in [0.29, 0.717) is 17.5 Å². The molecule has 0 bridgehead atoms. The van der Waals surface area contributed by atoms with Crippen LogP contribution in [0, 0.1) is 0 Å². The maximum Gasteiger partial charge on any atom is 0.164 e.